The first-order chi connectivity index (χ1) is 8.74. The second-order valence-corrected chi connectivity index (χ2v) is 4.62. The van der Waals surface area contributed by atoms with Gasteiger partial charge in [0.2, 0.25) is 0 Å². The third kappa shape index (κ3) is 4.32. The van der Waals surface area contributed by atoms with Crippen LogP contribution in [0.3, 0.4) is 0 Å². The van der Waals surface area contributed by atoms with E-state index in [1.165, 1.54) is 6.07 Å². The number of hydrogen-bond acceptors (Lipinski definition) is 3. The molecule has 0 unspecified atom stereocenters. The summed E-state index contributed by atoms with van der Waals surface area (Å²) in [7, 11) is 0. The lowest BCUT2D eigenvalue weighted by atomic mass is 9.97. The monoisotopic (exact) mass is 319 g/mol. The molecule has 1 fully saturated rings. The molecule has 1 aliphatic heterocycles. The fraction of sp³-hybridized carbons (Fsp3) is 0.500. The third-order valence-electron chi connectivity index (χ3n) is 3.55. The molecule has 6 heteroatoms. The predicted molar refractivity (Wildman–Crippen MR) is 83.0 cm³/mol. The molecule has 3 nitrogen and oxygen atoms in total. The van der Waals surface area contributed by atoms with Crippen molar-refractivity contribution in [1.82, 2.24) is 10.2 Å². The van der Waals surface area contributed by atoms with E-state index in [0.29, 0.717) is 12.0 Å². The Balaban J connectivity index is 0.00000180. The molecule has 20 heavy (non-hydrogen) atoms. The maximum absolute atomic E-state index is 13.6. The topological polar surface area (TPSA) is 39.1 Å². The van der Waals surface area contributed by atoms with Crippen LogP contribution in [-0.4, -0.2) is 31.1 Å². The van der Waals surface area contributed by atoms with Crippen LogP contribution >= 0.6 is 24.8 Å². The summed E-state index contributed by atoms with van der Waals surface area (Å²) in [4.78, 5) is 2.27. The van der Waals surface area contributed by atoms with Crippen LogP contribution in [0.5, 0.6) is 0 Å². The van der Waals surface area contributed by atoms with E-state index >= 15 is 0 Å². The second-order valence-electron chi connectivity index (χ2n) is 4.62. The first kappa shape index (κ1) is 19.1. The molecule has 0 bridgehead atoms. The summed E-state index contributed by atoms with van der Waals surface area (Å²) in [6.07, 6.45) is 0.407. The molecule has 0 saturated carbocycles. The minimum atomic E-state index is -0.189. The smallest absolute Gasteiger partial charge is 0.126 e. The molecule has 1 heterocycles. The Morgan fingerprint density at radius 1 is 1.35 bits per heavy atom. The summed E-state index contributed by atoms with van der Waals surface area (Å²) in [6, 6.07) is 7.36. The lowest BCUT2D eigenvalue weighted by Crippen LogP contribution is -2.45. The van der Waals surface area contributed by atoms with Gasteiger partial charge in [-0.2, -0.15) is 5.26 Å². The van der Waals surface area contributed by atoms with E-state index in [0.717, 1.165) is 31.7 Å². The van der Waals surface area contributed by atoms with Crippen LogP contribution in [0.1, 0.15) is 23.6 Å². The van der Waals surface area contributed by atoms with Gasteiger partial charge in [-0.1, -0.05) is 12.1 Å². The quantitative estimate of drug-likeness (QED) is 0.931. The van der Waals surface area contributed by atoms with Crippen LogP contribution in [-0.2, 0) is 0 Å². The number of halogens is 3. The van der Waals surface area contributed by atoms with E-state index in [1.807, 2.05) is 6.07 Å². The van der Waals surface area contributed by atoms with E-state index in [4.69, 9.17) is 5.26 Å². The van der Waals surface area contributed by atoms with Crippen molar-refractivity contribution in [3.63, 3.8) is 0 Å². The van der Waals surface area contributed by atoms with E-state index in [-0.39, 0.29) is 36.7 Å². The Labute approximate surface area is 132 Å². The molecule has 0 aromatic heterocycles. The van der Waals surface area contributed by atoms with E-state index < -0.39 is 0 Å². The summed E-state index contributed by atoms with van der Waals surface area (Å²) in [5.41, 5.74) is 1.61. The average Bonchev–Trinajstić information content (AvgIpc) is 2.41. The zero-order valence-electron chi connectivity index (χ0n) is 11.4. The Morgan fingerprint density at radius 2 is 2.00 bits per heavy atom. The number of hydrogen-bond donors (Lipinski definition) is 1. The van der Waals surface area contributed by atoms with Gasteiger partial charge in [-0.15, -0.1) is 24.8 Å². The van der Waals surface area contributed by atoms with Crippen LogP contribution in [0.4, 0.5) is 4.39 Å². The van der Waals surface area contributed by atoms with Gasteiger partial charge in [-0.05, 0) is 24.1 Å². The van der Waals surface area contributed by atoms with Gasteiger partial charge in [0.15, 0.2) is 0 Å². The van der Waals surface area contributed by atoms with Crippen molar-refractivity contribution in [3.05, 3.63) is 35.1 Å². The molecular weight excluding hydrogens is 300 g/mol. The maximum Gasteiger partial charge on any atom is 0.126 e. The number of piperazine rings is 1. The minimum absolute atomic E-state index is 0. The molecular formula is C14H20Cl2FN3. The summed E-state index contributed by atoms with van der Waals surface area (Å²) in [5.74, 6) is -0.189. The van der Waals surface area contributed by atoms with Gasteiger partial charge in [0, 0.05) is 32.2 Å². The summed E-state index contributed by atoms with van der Waals surface area (Å²) in [6.45, 7) is 5.45. The number of nitrogens with zero attached hydrogens (tertiary/aromatic N) is 2. The predicted octanol–water partition coefficient (Wildman–Crippen LogP) is 2.84. The van der Waals surface area contributed by atoms with Gasteiger partial charge >= 0.3 is 0 Å². The molecule has 112 valence electrons. The highest BCUT2D eigenvalue weighted by molar-refractivity contribution is 5.85. The maximum atomic E-state index is 13.6. The Morgan fingerprint density at radius 3 is 2.60 bits per heavy atom. The van der Waals surface area contributed by atoms with Gasteiger partial charge in [0.05, 0.1) is 12.5 Å². The van der Waals surface area contributed by atoms with Crippen molar-refractivity contribution >= 4 is 24.8 Å². The number of rotatable bonds is 3. The van der Waals surface area contributed by atoms with Crippen molar-refractivity contribution in [2.24, 2.45) is 0 Å². The molecule has 1 aromatic rings. The Kier molecular flexibility index (Phi) is 8.75. The molecule has 0 amide bonds. The zero-order chi connectivity index (χ0) is 13.0. The standard InChI is InChI=1S/C14H18FN3.2ClH/c1-11-12(3-2-4-13(11)15)14(5-6-16)18-9-7-17-8-10-18;;/h2-4,14,17H,5,7-10H2,1H3;2*1H/t14-;;/m1../s1. The van der Waals surface area contributed by atoms with Gasteiger partial charge in [0.25, 0.3) is 0 Å². The SMILES string of the molecule is Cc1c(F)cccc1[C@@H](CC#N)N1CCNCC1.Cl.Cl. The number of nitrogens with one attached hydrogen (secondary N) is 1. The first-order valence-corrected chi connectivity index (χ1v) is 6.30. The van der Waals surface area contributed by atoms with Crippen LogP contribution in [0.25, 0.3) is 0 Å². The Hall–Kier alpha value is -0.860. The molecule has 1 atom stereocenters. The highest BCUT2D eigenvalue weighted by Gasteiger charge is 2.23. The molecule has 0 aliphatic carbocycles. The first-order valence-electron chi connectivity index (χ1n) is 6.30. The molecule has 1 saturated heterocycles. The summed E-state index contributed by atoms with van der Waals surface area (Å²) >= 11 is 0. The van der Waals surface area contributed by atoms with Crippen LogP contribution in [0.15, 0.2) is 18.2 Å². The lowest BCUT2D eigenvalue weighted by Gasteiger charge is -2.34. The van der Waals surface area contributed by atoms with E-state index in [9.17, 15) is 4.39 Å². The fourth-order valence-corrected chi connectivity index (χ4v) is 2.50. The van der Waals surface area contributed by atoms with E-state index in [1.54, 1.807) is 13.0 Å². The van der Waals surface area contributed by atoms with Crippen molar-refractivity contribution in [2.75, 3.05) is 26.2 Å². The molecule has 0 spiro atoms. The van der Waals surface area contributed by atoms with Crippen molar-refractivity contribution in [2.45, 2.75) is 19.4 Å². The van der Waals surface area contributed by atoms with Crippen LogP contribution in [0.2, 0.25) is 0 Å². The number of benzene rings is 1. The largest absolute Gasteiger partial charge is 0.314 e. The van der Waals surface area contributed by atoms with Gasteiger partial charge < -0.3 is 5.32 Å². The second kappa shape index (κ2) is 9.15. The van der Waals surface area contributed by atoms with E-state index in [2.05, 4.69) is 16.3 Å². The lowest BCUT2D eigenvalue weighted by molar-refractivity contribution is 0.175. The highest BCUT2D eigenvalue weighted by atomic mass is 35.5. The van der Waals surface area contributed by atoms with Crippen LogP contribution < -0.4 is 5.32 Å². The normalized spacial score (nSPS) is 16.4. The third-order valence-corrected chi connectivity index (χ3v) is 3.55. The molecule has 0 radical (unpaired) electrons. The molecule has 1 aliphatic rings. The van der Waals surface area contributed by atoms with Crippen molar-refractivity contribution in [3.8, 4) is 6.07 Å². The number of nitriles is 1. The van der Waals surface area contributed by atoms with Gasteiger partial charge in [-0.3, -0.25) is 4.90 Å². The molecule has 1 N–H and O–H groups in total. The van der Waals surface area contributed by atoms with Crippen molar-refractivity contribution in [1.29, 1.82) is 5.26 Å². The van der Waals surface area contributed by atoms with Crippen LogP contribution in [0, 0.1) is 24.1 Å². The zero-order valence-corrected chi connectivity index (χ0v) is 13.1. The summed E-state index contributed by atoms with van der Waals surface area (Å²) < 4.78 is 13.6. The molecule has 1 aromatic carbocycles. The minimum Gasteiger partial charge on any atom is -0.314 e. The highest BCUT2D eigenvalue weighted by Crippen LogP contribution is 2.28. The van der Waals surface area contributed by atoms with Gasteiger partial charge in [-0.25, -0.2) is 4.39 Å². The average molecular weight is 320 g/mol. The molecule has 2 rings (SSSR count). The van der Waals surface area contributed by atoms with Crippen molar-refractivity contribution < 1.29 is 4.39 Å². The summed E-state index contributed by atoms with van der Waals surface area (Å²) in [5, 5.41) is 12.3. The Bertz CT molecular complexity index is 456. The fourth-order valence-electron chi connectivity index (χ4n) is 2.50. The van der Waals surface area contributed by atoms with Gasteiger partial charge in [0.1, 0.15) is 5.82 Å².